The van der Waals surface area contributed by atoms with Crippen LogP contribution >= 0.6 is 7.82 Å². The third-order valence-corrected chi connectivity index (χ3v) is 2.64. The van der Waals surface area contributed by atoms with Crippen LogP contribution in [0, 0.1) is 0 Å². The van der Waals surface area contributed by atoms with Gasteiger partial charge in [-0.3, -0.25) is 13.8 Å². The van der Waals surface area contributed by atoms with E-state index < -0.39 is 20.5 Å². The predicted octanol–water partition coefficient (Wildman–Crippen LogP) is 0.0859. The van der Waals surface area contributed by atoms with Crippen LogP contribution in [0.4, 0.5) is 0 Å². The van der Waals surface area contributed by atoms with Gasteiger partial charge in [-0.2, -0.15) is 0 Å². The third kappa shape index (κ3) is 10.2. The number of phosphoric acid groups is 1. The third-order valence-electron chi connectivity index (χ3n) is 1.68. The molecule has 0 bridgehead atoms. The second-order valence-corrected chi connectivity index (χ2v) is 5.79. The van der Waals surface area contributed by atoms with E-state index in [0.717, 1.165) is 6.08 Å². The fourth-order valence-electron chi connectivity index (χ4n) is 0.724. The summed E-state index contributed by atoms with van der Waals surface area (Å²) in [6, 6.07) is 0. The summed E-state index contributed by atoms with van der Waals surface area (Å²) in [5.41, 5.74) is 0. The second kappa shape index (κ2) is 6.88. The molecular formula is C9H20N2O5P+. The number of nitrogens with one attached hydrogen (secondary N) is 1. The number of quaternary nitrogens is 1. The molecule has 0 aromatic rings. The Bertz CT molecular complexity index is 313. The first kappa shape index (κ1) is 16.3. The van der Waals surface area contributed by atoms with E-state index in [1.165, 1.54) is 0 Å². The van der Waals surface area contributed by atoms with Crippen LogP contribution in [0.25, 0.3) is 0 Å². The Hall–Kier alpha value is -0.720. The van der Waals surface area contributed by atoms with Crippen LogP contribution in [-0.4, -0.2) is 56.3 Å². The standard InChI is InChI=1S/C9H19N2O5P/c1-5-9(12)10-8-16-17(13,14)15-7-6-11(2,3)4/h5H,1,6-8H2,2-4H3,(H-,10,12,13,14)/p+1. The summed E-state index contributed by atoms with van der Waals surface area (Å²) in [5, 5.41) is 2.20. The smallest absolute Gasteiger partial charge is 0.329 e. The maximum absolute atomic E-state index is 11.3. The topological polar surface area (TPSA) is 84.9 Å². The lowest BCUT2D eigenvalue weighted by Crippen LogP contribution is -2.37. The van der Waals surface area contributed by atoms with E-state index in [-0.39, 0.29) is 6.61 Å². The molecule has 0 spiro atoms. The number of rotatable bonds is 8. The normalized spacial score (nSPS) is 15.1. The van der Waals surface area contributed by atoms with Gasteiger partial charge in [0, 0.05) is 0 Å². The number of hydrogen-bond acceptors (Lipinski definition) is 4. The molecule has 0 saturated carbocycles. The molecule has 0 aromatic carbocycles. The van der Waals surface area contributed by atoms with Crippen molar-refractivity contribution in [1.82, 2.24) is 5.32 Å². The number of carbonyl (C=O) groups excluding carboxylic acids is 1. The van der Waals surface area contributed by atoms with Gasteiger partial charge in [0.05, 0.1) is 21.1 Å². The Morgan fingerprint density at radius 3 is 2.53 bits per heavy atom. The molecule has 0 aliphatic rings. The molecule has 0 aliphatic heterocycles. The number of likely N-dealkylation sites (N-methyl/N-ethyl adjacent to an activating group) is 1. The molecule has 7 nitrogen and oxygen atoms in total. The molecule has 0 fully saturated rings. The predicted molar refractivity (Wildman–Crippen MR) is 63.0 cm³/mol. The highest BCUT2D eigenvalue weighted by molar-refractivity contribution is 7.47. The van der Waals surface area contributed by atoms with Crippen LogP contribution in [-0.2, 0) is 18.4 Å². The Balaban J connectivity index is 3.84. The lowest BCUT2D eigenvalue weighted by molar-refractivity contribution is -0.870. The largest absolute Gasteiger partial charge is 0.474 e. The Kier molecular flexibility index (Phi) is 6.59. The molecule has 1 unspecified atom stereocenters. The molecule has 0 radical (unpaired) electrons. The summed E-state index contributed by atoms with van der Waals surface area (Å²) >= 11 is 0. The van der Waals surface area contributed by atoms with Gasteiger partial charge in [-0.1, -0.05) is 6.58 Å². The summed E-state index contributed by atoms with van der Waals surface area (Å²) < 4.78 is 21.1. The van der Waals surface area contributed by atoms with Crippen LogP contribution in [0.15, 0.2) is 12.7 Å². The molecule has 100 valence electrons. The maximum Gasteiger partial charge on any atom is 0.474 e. The first-order valence-corrected chi connectivity index (χ1v) is 6.48. The molecule has 8 heteroatoms. The lowest BCUT2D eigenvalue weighted by atomic mass is 10.5. The van der Waals surface area contributed by atoms with Crippen LogP contribution in [0.1, 0.15) is 0 Å². The minimum Gasteiger partial charge on any atom is -0.329 e. The van der Waals surface area contributed by atoms with Gasteiger partial charge < -0.3 is 14.7 Å². The quantitative estimate of drug-likeness (QED) is 0.282. The molecule has 17 heavy (non-hydrogen) atoms. The zero-order valence-corrected chi connectivity index (χ0v) is 11.3. The van der Waals surface area contributed by atoms with Crippen LogP contribution in [0.2, 0.25) is 0 Å². The maximum atomic E-state index is 11.3. The van der Waals surface area contributed by atoms with Crippen molar-refractivity contribution in [3.63, 3.8) is 0 Å². The van der Waals surface area contributed by atoms with Gasteiger partial charge in [0.2, 0.25) is 5.91 Å². The van der Waals surface area contributed by atoms with E-state index in [1.807, 2.05) is 21.1 Å². The van der Waals surface area contributed by atoms with E-state index in [2.05, 4.69) is 16.4 Å². The molecule has 0 aliphatic carbocycles. The average Bonchev–Trinajstić information content (AvgIpc) is 2.14. The average molecular weight is 267 g/mol. The number of amides is 1. The number of nitrogens with zero attached hydrogens (tertiary/aromatic N) is 1. The zero-order chi connectivity index (χ0) is 13.5. The van der Waals surface area contributed by atoms with Crippen LogP contribution < -0.4 is 5.32 Å². The van der Waals surface area contributed by atoms with Crippen molar-refractivity contribution in [2.24, 2.45) is 0 Å². The van der Waals surface area contributed by atoms with Crippen LogP contribution in [0.5, 0.6) is 0 Å². The fraction of sp³-hybridized carbons (Fsp3) is 0.667. The minimum atomic E-state index is -4.10. The Labute approximate surface area is 101 Å². The van der Waals surface area contributed by atoms with E-state index in [1.54, 1.807) is 0 Å². The molecule has 1 atom stereocenters. The minimum absolute atomic E-state index is 0.0900. The van der Waals surface area contributed by atoms with E-state index >= 15 is 0 Å². The van der Waals surface area contributed by atoms with E-state index in [0.29, 0.717) is 11.0 Å². The fourth-order valence-corrected chi connectivity index (χ4v) is 1.34. The summed E-state index contributed by atoms with van der Waals surface area (Å²) in [6.45, 7) is 3.47. The van der Waals surface area contributed by atoms with Gasteiger partial charge in [0.25, 0.3) is 0 Å². The molecule has 0 saturated heterocycles. The molecule has 1 amide bonds. The molecular weight excluding hydrogens is 247 g/mol. The van der Waals surface area contributed by atoms with Crippen molar-refractivity contribution < 1.29 is 27.8 Å². The monoisotopic (exact) mass is 267 g/mol. The summed E-state index contributed by atoms with van der Waals surface area (Å²) in [5.74, 6) is -0.489. The van der Waals surface area contributed by atoms with Gasteiger partial charge in [0.15, 0.2) is 0 Å². The van der Waals surface area contributed by atoms with Crippen molar-refractivity contribution in [3.05, 3.63) is 12.7 Å². The van der Waals surface area contributed by atoms with Crippen molar-refractivity contribution in [2.75, 3.05) is 41.0 Å². The first-order chi connectivity index (χ1) is 7.66. The molecule has 0 aromatic heterocycles. The van der Waals surface area contributed by atoms with Crippen molar-refractivity contribution in [3.8, 4) is 0 Å². The molecule has 0 heterocycles. The highest BCUT2D eigenvalue weighted by Gasteiger charge is 2.22. The lowest BCUT2D eigenvalue weighted by Gasteiger charge is -2.23. The SMILES string of the molecule is C=CC(=O)NCOP(=O)(O)OCC[N+](C)(C)C. The summed E-state index contributed by atoms with van der Waals surface area (Å²) in [6.07, 6.45) is 1.03. The molecule has 2 N–H and O–H groups in total. The van der Waals surface area contributed by atoms with Crippen molar-refractivity contribution in [1.29, 1.82) is 0 Å². The van der Waals surface area contributed by atoms with E-state index in [4.69, 9.17) is 4.52 Å². The van der Waals surface area contributed by atoms with Crippen molar-refractivity contribution >= 4 is 13.7 Å². The number of phosphoric ester groups is 1. The van der Waals surface area contributed by atoms with Gasteiger partial charge in [-0.25, -0.2) is 4.57 Å². The second-order valence-electron chi connectivity index (χ2n) is 4.33. The van der Waals surface area contributed by atoms with Gasteiger partial charge in [0.1, 0.15) is 19.9 Å². The molecule has 0 rings (SSSR count). The van der Waals surface area contributed by atoms with Gasteiger partial charge in [-0.05, 0) is 6.08 Å². The Morgan fingerprint density at radius 2 is 2.06 bits per heavy atom. The first-order valence-electron chi connectivity index (χ1n) is 4.99. The highest BCUT2D eigenvalue weighted by atomic mass is 31.2. The van der Waals surface area contributed by atoms with Gasteiger partial charge in [-0.15, -0.1) is 0 Å². The Morgan fingerprint density at radius 1 is 1.47 bits per heavy atom. The number of hydrogen-bond donors (Lipinski definition) is 2. The summed E-state index contributed by atoms with van der Waals surface area (Å²) in [4.78, 5) is 19.9. The zero-order valence-electron chi connectivity index (χ0n) is 10.4. The number of carbonyl (C=O) groups is 1. The highest BCUT2D eigenvalue weighted by Crippen LogP contribution is 2.42. The van der Waals surface area contributed by atoms with Gasteiger partial charge >= 0.3 is 7.82 Å². The van der Waals surface area contributed by atoms with Crippen LogP contribution in [0.3, 0.4) is 0 Å². The van der Waals surface area contributed by atoms with Crippen molar-refractivity contribution in [2.45, 2.75) is 0 Å². The summed E-state index contributed by atoms with van der Waals surface area (Å²) in [7, 11) is 1.68. The van der Waals surface area contributed by atoms with E-state index in [9.17, 15) is 14.3 Å².